The Balaban J connectivity index is 0.000000325. The SMILES string of the molecule is NCCCc1ccccc1.O=C(O)C(=O)O. The summed E-state index contributed by atoms with van der Waals surface area (Å²) in [4.78, 5) is 18.2. The number of hydrogen-bond acceptors (Lipinski definition) is 3. The van der Waals surface area contributed by atoms with Gasteiger partial charge in [0, 0.05) is 0 Å². The summed E-state index contributed by atoms with van der Waals surface area (Å²) in [7, 11) is 0. The highest BCUT2D eigenvalue weighted by atomic mass is 16.4. The smallest absolute Gasteiger partial charge is 0.414 e. The van der Waals surface area contributed by atoms with Crippen LogP contribution in [-0.4, -0.2) is 28.7 Å². The van der Waals surface area contributed by atoms with Gasteiger partial charge in [0.2, 0.25) is 0 Å². The molecule has 16 heavy (non-hydrogen) atoms. The molecule has 0 aliphatic carbocycles. The number of carboxylic acid groups (broad SMARTS) is 2. The van der Waals surface area contributed by atoms with Gasteiger partial charge in [0.05, 0.1) is 0 Å². The summed E-state index contributed by atoms with van der Waals surface area (Å²) in [6.07, 6.45) is 2.20. The first-order valence-electron chi connectivity index (χ1n) is 4.78. The van der Waals surface area contributed by atoms with E-state index in [1.807, 2.05) is 6.07 Å². The van der Waals surface area contributed by atoms with Crippen LogP contribution in [0.4, 0.5) is 0 Å². The highest BCUT2D eigenvalue weighted by molar-refractivity contribution is 6.27. The number of rotatable bonds is 3. The van der Waals surface area contributed by atoms with E-state index in [1.165, 1.54) is 5.56 Å². The van der Waals surface area contributed by atoms with Gasteiger partial charge in [0.15, 0.2) is 0 Å². The molecule has 0 saturated carbocycles. The molecule has 1 aromatic rings. The van der Waals surface area contributed by atoms with E-state index < -0.39 is 11.9 Å². The van der Waals surface area contributed by atoms with Crippen molar-refractivity contribution in [2.24, 2.45) is 5.73 Å². The Morgan fingerprint density at radius 2 is 1.56 bits per heavy atom. The third-order valence-electron chi connectivity index (χ3n) is 1.70. The zero-order valence-corrected chi connectivity index (χ0v) is 8.80. The molecule has 0 heterocycles. The fourth-order valence-corrected chi connectivity index (χ4v) is 0.951. The first-order valence-corrected chi connectivity index (χ1v) is 4.78. The Morgan fingerprint density at radius 3 is 1.94 bits per heavy atom. The molecular formula is C11H15NO4. The molecule has 1 aromatic carbocycles. The van der Waals surface area contributed by atoms with Crippen molar-refractivity contribution in [1.82, 2.24) is 0 Å². The molecule has 0 atom stereocenters. The van der Waals surface area contributed by atoms with Gasteiger partial charge in [0.1, 0.15) is 0 Å². The van der Waals surface area contributed by atoms with Crippen LogP contribution in [0, 0.1) is 0 Å². The van der Waals surface area contributed by atoms with Crippen LogP contribution in [0.25, 0.3) is 0 Å². The van der Waals surface area contributed by atoms with Crippen molar-refractivity contribution in [2.45, 2.75) is 12.8 Å². The second-order valence-electron chi connectivity index (χ2n) is 2.99. The predicted molar refractivity (Wildman–Crippen MR) is 59.1 cm³/mol. The molecule has 1 rings (SSSR count). The minimum absolute atomic E-state index is 0.787. The summed E-state index contributed by atoms with van der Waals surface area (Å²) in [5, 5.41) is 14.8. The fourth-order valence-electron chi connectivity index (χ4n) is 0.951. The Kier molecular flexibility index (Phi) is 7.44. The minimum Gasteiger partial charge on any atom is -0.473 e. The van der Waals surface area contributed by atoms with Gasteiger partial charge >= 0.3 is 11.9 Å². The maximum absolute atomic E-state index is 9.10. The lowest BCUT2D eigenvalue weighted by Crippen LogP contribution is -2.09. The van der Waals surface area contributed by atoms with E-state index in [9.17, 15) is 0 Å². The number of nitrogens with two attached hydrogens (primary N) is 1. The Labute approximate surface area is 93.5 Å². The van der Waals surface area contributed by atoms with Crippen molar-refractivity contribution in [3.63, 3.8) is 0 Å². The van der Waals surface area contributed by atoms with Gasteiger partial charge < -0.3 is 15.9 Å². The van der Waals surface area contributed by atoms with Gasteiger partial charge in [-0.1, -0.05) is 30.3 Å². The van der Waals surface area contributed by atoms with E-state index >= 15 is 0 Å². The molecule has 0 spiro atoms. The average Bonchev–Trinajstić information content (AvgIpc) is 2.28. The van der Waals surface area contributed by atoms with Crippen molar-refractivity contribution in [1.29, 1.82) is 0 Å². The van der Waals surface area contributed by atoms with Crippen LogP contribution >= 0.6 is 0 Å². The minimum atomic E-state index is -1.82. The van der Waals surface area contributed by atoms with Crippen LogP contribution in [0.2, 0.25) is 0 Å². The summed E-state index contributed by atoms with van der Waals surface area (Å²) in [6.45, 7) is 0.787. The summed E-state index contributed by atoms with van der Waals surface area (Å²) >= 11 is 0. The number of hydrogen-bond donors (Lipinski definition) is 3. The molecule has 4 N–H and O–H groups in total. The molecule has 0 bridgehead atoms. The summed E-state index contributed by atoms with van der Waals surface area (Å²) < 4.78 is 0. The topological polar surface area (TPSA) is 101 Å². The van der Waals surface area contributed by atoms with Crippen molar-refractivity contribution in [3.05, 3.63) is 35.9 Å². The Bertz CT molecular complexity index is 312. The van der Waals surface area contributed by atoms with Crippen LogP contribution in [0.15, 0.2) is 30.3 Å². The lowest BCUT2D eigenvalue weighted by atomic mass is 10.1. The Morgan fingerprint density at radius 1 is 1.06 bits per heavy atom. The number of carbonyl (C=O) groups is 2. The standard InChI is InChI=1S/C9H13N.C2H2O4/c10-8-4-7-9-5-2-1-3-6-9;3-1(4)2(5)6/h1-3,5-6H,4,7-8,10H2;(H,3,4)(H,5,6). The summed E-state index contributed by atoms with van der Waals surface area (Å²) in [6, 6.07) is 10.4. The molecule has 0 aromatic heterocycles. The normalized spacial score (nSPS) is 8.81. The molecule has 5 nitrogen and oxygen atoms in total. The molecule has 0 radical (unpaired) electrons. The van der Waals surface area contributed by atoms with Gasteiger partial charge in [-0.05, 0) is 24.9 Å². The molecule has 0 unspecified atom stereocenters. The molecule has 0 aliphatic heterocycles. The first kappa shape index (κ1) is 14.1. The second kappa shape index (κ2) is 8.43. The van der Waals surface area contributed by atoms with Gasteiger partial charge in [0.25, 0.3) is 0 Å². The van der Waals surface area contributed by atoms with Crippen molar-refractivity contribution in [2.75, 3.05) is 6.54 Å². The number of aryl methyl sites for hydroxylation is 1. The largest absolute Gasteiger partial charge is 0.473 e. The van der Waals surface area contributed by atoms with Crippen LogP contribution in [0.3, 0.4) is 0 Å². The maximum Gasteiger partial charge on any atom is 0.414 e. The third kappa shape index (κ3) is 7.52. The lowest BCUT2D eigenvalue weighted by Gasteiger charge is -1.96. The molecule has 0 aliphatic rings. The average molecular weight is 225 g/mol. The van der Waals surface area contributed by atoms with Crippen LogP contribution in [0.5, 0.6) is 0 Å². The first-order chi connectivity index (χ1) is 7.57. The zero-order chi connectivity index (χ0) is 12.4. The zero-order valence-electron chi connectivity index (χ0n) is 8.80. The van der Waals surface area contributed by atoms with Crippen molar-refractivity contribution >= 4 is 11.9 Å². The van der Waals surface area contributed by atoms with E-state index in [0.717, 1.165) is 19.4 Å². The predicted octanol–water partition coefficient (Wildman–Crippen LogP) is 0.733. The van der Waals surface area contributed by atoms with Crippen LogP contribution in [0.1, 0.15) is 12.0 Å². The summed E-state index contributed by atoms with van der Waals surface area (Å²) in [5.74, 6) is -3.65. The number of benzene rings is 1. The van der Waals surface area contributed by atoms with Crippen molar-refractivity contribution < 1.29 is 19.8 Å². The van der Waals surface area contributed by atoms with Gasteiger partial charge in [-0.25, -0.2) is 9.59 Å². The number of aliphatic carboxylic acids is 2. The highest BCUT2D eigenvalue weighted by Gasteiger charge is 2.04. The number of carboxylic acids is 2. The Hall–Kier alpha value is -1.88. The fraction of sp³-hybridized carbons (Fsp3) is 0.273. The molecule has 0 amide bonds. The molecule has 0 saturated heterocycles. The van der Waals surface area contributed by atoms with E-state index in [-0.39, 0.29) is 0 Å². The van der Waals surface area contributed by atoms with Gasteiger partial charge in [-0.2, -0.15) is 0 Å². The molecule has 88 valence electrons. The molecular weight excluding hydrogens is 210 g/mol. The van der Waals surface area contributed by atoms with Crippen LogP contribution < -0.4 is 5.73 Å². The molecule has 5 heteroatoms. The molecule has 0 fully saturated rings. The van der Waals surface area contributed by atoms with E-state index in [4.69, 9.17) is 25.5 Å². The summed E-state index contributed by atoms with van der Waals surface area (Å²) in [5.41, 5.74) is 6.76. The highest BCUT2D eigenvalue weighted by Crippen LogP contribution is 2.00. The van der Waals surface area contributed by atoms with E-state index in [0.29, 0.717) is 0 Å². The second-order valence-corrected chi connectivity index (χ2v) is 2.99. The quantitative estimate of drug-likeness (QED) is 0.658. The monoisotopic (exact) mass is 225 g/mol. The van der Waals surface area contributed by atoms with Gasteiger partial charge in [-0.3, -0.25) is 0 Å². The maximum atomic E-state index is 9.10. The van der Waals surface area contributed by atoms with E-state index in [1.54, 1.807) is 0 Å². The third-order valence-corrected chi connectivity index (χ3v) is 1.70. The lowest BCUT2D eigenvalue weighted by molar-refractivity contribution is -0.159. The van der Waals surface area contributed by atoms with Gasteiger partial charge in [-0.15, -0.1) is 0 Å². The van der Waals surface area contributed by atoms with Crippen molar-refractivity contribution in [3.8, 4) is 0 Å². The van der Waals surface area contributed by atoms with Crippen LogP contribution in [-0.2, 0) is 16.0 Å². The van der Waals surface area contributed by atoms with E-state index in [2.05, 4.69) is 24.3 Å².